The minimum absolute atomic E-state index is 0.000774. The molecule has 1 amide bonds. The second-order valence-electron chi connectivity index (χ2n) is 5.61. The molecule has 24 heavy (non-hydrogen) atoms. The molecule has 0 atom stereocenters. The van der Waals surface area contributed by atoms with Crippen LogP contribution in [0.5, 0.6) is 11.5 Å². The molecule has 0 aliphatic rings. The number of methoxy groups -OCH3 is 2. The first kappa shape index (κ1) is 17.6. The van der Waals surface area contributed by atoms with Gasteiger partial charge in [-0.05, 0) is 19.9 Å². The fraction of sp³-hybridized carbons (Fsp3) is 0.438. The van der Waals surface area contributed by atoms with E-state index in [9.17, 15) is 14.4 Å². The third-order valence-electron chi connectivity index (χ3n) is 3.50. The fourth-order valence-corrected chi connectivity index (χ4v) is 2.39. The molecule has 0 saturated carbocycles. The highest BCUT2D eigenvalue weighted by Crippen LogP contribution is 2.29. The molecule has 0 radical (unpaired) electrons. The molecule has 130 valence electrons. The largest absolute Gasteiger partial charge is 0.493 e. The quantitative estimate of drug-likeness (QED) is 0.806. The van der Waals surface area contributed by atoms with Crippen LogP contribution in [0.25, 0.3) is 10.9 Å². The van der Waals surface area contributed by atoms with Crippen molar-refractivity contribution >= 4 is 16.8 Å². The van der Waals surface area contributed by atoms with Crippen LogP contribution in [-0.4, -0.2) is 35.7 Å². The predicted molar refractivity (Wildman–Crippen MR) is 89.8 cm³/mol. The summed E-state index contributed by atoms with van der Waals surface area (Å²) in [5, 5.41) is 3.01. The van der Waals surface area contributed by atoms with Crippen LogP contribution in [0, 0.1) is 0 Å². The number of carbonyl (C=O) groups is 1. The van der Waals surface area contributed by atoms with Crippen LogP contribution < -0.4 is 26.0 Å². The molecule has 8 nitrogen and oxygen atoms in total. The van der Waals surface area contributed by atoms with Gasteiger partial charge >= 0.3 is 5.69 Å². The lowest BCUT2D eigenvalue weighted by Gasteiger charge is -2.11. The highest BCUT2D eigenvalue weighted by molar-refractivity contribution is 5.81. The van der Waals surface area contributed by atoms with Gasteiger partial charge in [0, 0.05) is 25.1 Å². The number of fused-ring (bicyclic) bond motifs is 1. The number of benzene rings is 1. The average molecular weight is 335 g/mol. The Kier molecular flexibility index (Phi) is 5.28. The molecular weight excluding hydrogens is 314 g/mol. The highest BCUT2D eigenvalue weighted by Gasteiger charge is 2.13. The van der Waals surface area contributed by atoms with E-state index in [-0.39, 0.29) is 30.3 Å². The number of amides is 1. The molecule has 0 spiro atoms. The molecule has 1 aromatic heterocycles. The van der Waals surface area contributed by atoms with Crippen LogP contribution in [0.1, 0.15) is 20.3 Å². The van der Waals surface area contributed by atoms with Crippen molar-refractivity contribution in [2.45, 2.75) is 32.9 Å². The Morgan fingerprint density at radius 3 is 2.42 bits per heavy atom. The molecule has 0 unspecified atom stereocenters. The van der Waals surface area contributed by atoms with Gasteiger partial charge in [0.1, 0.15) is 0 Å². The van der Waals surface area contributed by atoms with E-state index >= 15 is 0 Å². The van der Waals surface area contributed by atoms with Gasteiger partial charge < -0.3 is 19.8 Å². The summed E-state index contributed by atoms with van der Waals surface area (Å²) in [6.07, 6.45) is 0.0416. The van der Waals surface area contributed by atoms with Crippen LogP contribution in [0.4, 0.5) is 0 Å². The maximum absolute atomic E-state index is 12.6. The van der Waals surface area contributed by atoms with E-state index < -0.39 is 11.2 Å². The zero-order chi connectivity index (χ0) is 17.9. The van der Waals surface area contributed by atoms with E-state index in [1.807, 2.05) is 13.8 Å². The molecule has 8 heteroatoms. The summed E-state index contributed by atoms with van der Waals surface area (Å²) in [6, 6.07) is 3.05. The monoisotopic (exact) mass is 335 g/mol. The number of nitrogens with zero attached hydrogens (tertiary/aromatic N) is 1. The molecular formula is C16H21N3O5. The summed E-state index contributed by atoms with van der Waals surface area (Å²) in [5.74, 6) is 0.580. The minimum atomic E-state index is -0.572. The van der Waals surface area contributed by atoms with E-state index in [2.05, 4.69) is 10.3 Å². The number of hydrogen-bond donors (Lipinski definition) is 2. The Balaban J connectivity index is 2.43. The van der Waals surface area contributed by atoms with Crippen LogP contribution in [0.3, 0.4) is 0 Å². The van der Waals surface area contributed by atoms with Gasteiger partial charge in [0.05, 0.1) is 25.1 Å². The van der Waals surface area contributed by atoms with Crippen molar-refractivity contribution in [3.8, 4) is 11.5 Å². The van der Waals surface area contributed by atoms with Gasteiger partial charge in [-0.1, -0.05) is 0 Å². The summed E-state index contributed by atoms with van der Waals surface area (Å²) < 4.78 is 11.4. The lowest BCUT2D eigenvalue weighted by atomic mass is 10.2. The first-order valence-electron chi connectivity index (χ1n) is 7.55. The van der Waals surface area contributed by atoms with Crippen molar-refractivity contribution in [3.05, 3.63) is 33.0 Å². The Hall–Kier alpha value is -2.77. The molecule has 2 rings (SSSR count). The standard InChI is InChI=1S/C16H21N3O5/c1-9(2)17-14(20)5-6-19-15(21)10-7-12(23-3)13(24-4)8-11(10)18-16(19)22/h7-9H,5-6H2,1-4H3,(H,17,20)(H,18,22). The summed E-state index contributed by atoms with van der Waals surface area (Å²) in [4.78, 5) is 39.1. The van der Waals surface area contributed by atoms with E-state index in [0.29, 0.717) is 17.0 Å². The molecule has 0 aliphatic heterocycles. The van der Waals surface area contributed by atoms with Crippen molar-refractivity contribution in [3.63, 3.8) is 0 Å². The molecule has 1 aromatic carbocycles. The first-order chi connectivity index (χ1) is 11.4. The number of carbonyl (C=O) groups excluding carboxylic acids is 1. The van der Waals surface area contributed by atoms with Gasteiger partial charge in [0.15, 0.2) is 11.5 Å². The van der Waals surface area contributed by atoms with Crippen molar-refractivity contribution in [2.24, 2.45) is 0 Å². The molecule has 0 fully saturated rings. The van der Waals surface area contributed by atoms with E-state index in [4.69, 9.17) is 9.47 Å². The van der Waals surface area contributed by atoms with Gasteiger partial charge in [-0.15, -0.1) is 0 Å². The van der Waals surface area contributed by atoms with E-state index in [1.165, 1.54) is 26.4 Å². The molecule has 1 heterocycles. The third kappa shape index (κ3) is 3.58. The average Bonchev–Trinajstić information content (AvgIpc) is 2.52. The summed E-state index contributed by atoms with van der Waals surface area (Å²) >= 11 is 0. The van der Waals surface area contributed by atoms with Gasteiger partial charge in [-0.3, -0.25) is 14.2 Å². The summed E-state index contributed by atoms with van der Waals surface area (Å²) in [6.45, 7) is 3.68. The normalized spacial score (nSPS) is 10.9. The first-order valence-corrected chi connectivity index (χ1v) is 7.55. The van der Waals surface area contributed by atoms with E-state index in [0.717, 1.165) is 4.57 Å². The maximum atomic E-state index is 12.6. The molecule has 0 aliphatic carbocycles. The van der Waals surface area contributed by atoms with Crippen molar-refractivity contribution in [1.29, 1.82) is 0 Å². The van der Waals surface area contributed by atoms with Crippen molar-refractivity contribution < 1.29 is 14.3 Å². The zero-order valence-electron chi connectivity index (χ0n) is 14.1. The Bertz CT molecular complexity index is 866. The molecule has 0 saturated heterocycles. The lowest BCUT2D eigenvalue weighted by Crippen LogP contribution is -2.37. The predicted octanol–water partition coefficient (Wildman–Crippen LogP) is 0.622. The molecule has 2 aromatic rings. The second kappa shape index (κ2) is 7.20. The molecule has 0 bridgehead atoms. The molecule has 2 N–H and O–H groups in total. The summed E-state index contributed by atoms with van der Waals surface area (Å²) in [7, 11) is 2.93. The van der Waals surface area contributed by atoms with Crippen LogP contribution in [-0.2, 0) is 11.3 Å². The van der Waals surface area contributed by atoms with Gasteiger partial charge in [0.25, 0.3) is 5.56 Å². The number of ether oxygens (including phenoxy) is 2. The van der Waals surface area contributed by atoms with Crippen LogP contribution in [0.15, 0.2) is 21.7 Å². The highest BCUT2D eigenvalue weighted by atomic mass is 16.5. The van der Waals surface area contributed by atoms with Crippen LogP contribution >= 0.6 is 0 Å². The zero-order valence-corrected chi connectivity index (χ0v) is 14.1. The third-order valence-corrected chi connectivity index (χ3v) is 3.50. The number of H-pyrrole nitrogens is 1. The van der Waals surface area contributed by atoms with Gasteiger partial charge in [-0.25, -0.2) is 4.79 Å². The lowest BCUT2D eigenvalue weighted by molar-refractivity contribution is -0.121. The van der Waals surface area contributed by atoms with Gasteiger partial charge in [-0.2, -0.15) is 0 Å². The fourth-order valence-electron chi connectivity index (χ4n) is 2.39. The topological polar surface area (TPSA) is 102 Å². The second-order valence-corrected chi connectivity index (χ2v) is 5.61. The van der Waals surface area contributed by atoms with Crippen LogP contribution in [0.2, 0.25) is 0 Å². The van der Waals surface area contributed by atoms with Crippen molar-refractivity contribution in [1.82, 2.24) is 14.9 Å². The summed E-state index contributed by atoms with van der Waals surface area (Å²) in [5.41, 5.74) is -0.699. The number of nitrogens with one attached hydrogen (secondary N) is 2. The smallest absolute Gasteiger partial charge is 0.328 e. The number of aromatic amines is 1. The number of aromatic nitrogens is 2. The Labute approximate surface area is 138 Å². The van der Waals surface area contributed by atoms with Crippen molar-refractivity contribution in [2.75, 3.05) is 14.2 Å². The number of rotatable bonds is 6. The Morgan fingerprint density at radius 2 is 1.83 bits per heavy atom. The van der Waals surface area contributed by atoms with Gasteiger partial charge in [0.2, 0.25) is 5.91 Å². The maximum Gasteiger partial charge on any atom is 0.328 e. The minimum Gasteiger partial charge on any atom is -0.493 e. The van der Waals surface area contributed by atoms with E-state index in [1.54, 1.807) is 0 Å². The number of hydrogen-bond acceptors (Lipinski definition) is 5. The SMILES string of the molecule is COc1cc2[nH]c(=O)n(CCC(=O)NC(C)C)c(=O)c2cc1OC. The Morgan fingerprint density at radius 1 is 1.21 bits per heavy atom.